The second kappa shape index (κ2) is 7.83. The van der Waals surface area contributed by atoms with Crippen molar-refractivity contribution in [2.75, 3.05) is 33.8 Å². The first-order valence-corrected chi connectivity index (χ1v) is 10.7. The Bertz CT molecular complexity index is 668. The maximum absolute atomic E-state index is 13.8. The van der Waals surface area contributed by atoms with Gasteiger partial charge in [0.05, 0.1) is 12.5 Å². The number of hydrogen-bond donors (Lipinski definition) is 1. The summed E-state index contributed by atoms with van der Waals surface area (Å²) in [5, 5.41) is 3.29. The first kappa shape index (κ1) is 18.8. The van der Waals surface area contributed by atoms with Crippen LogP contribution in [-0.2, 0) is 11.2 Å². The van der Waals surface area contributed by atoms with Crippen LogP contribution < -0.4 is 10.1 Å². The number of ether oxygens (including phenoxy) is 1. The van der Waals surface area contributed by atoms with E-state index in [1.54, 1.807) is 7.11 Å². The molecule has 3 atom stereocenters. The highest BCUT2D eigenvalue weighted by atomic mass is 16.5. The van der Waals surface area contributed by atoms with E-state index in [2.05, 4.69) is 28.4 Å². The largest absolute Gasteiger partial charge is 0.497 e. The average molecular weight is 371 g/mol. The second-order valence-electron chi connectivity index (χ2n) is 9.06. The quantitative estimate of drug-likeness (QED) is 0.833. The number of benzene rings is 1. The minimum absolute atomic E-state index is 0.175. The predicted molar refractivity (Wildman–Crippen MR) is 108 cm³/mol. The van der Waals surface area contributed by atoms with E-state index in [4.69, 9.17) is 4.74 Å². The number of carbonyl (C=O) groups excluding carboxylic acids is 1. The number of amides is 1. The average Bonchev–Trinajstić information content (AvgIpc) is 3.30. The minimum atomic E-state index is -0.175. The van der Waals surface area contributed by atoms with Gasteiger partial charge in [-0.15, -0.1) is 0 Å². The molecule has 1 amide bonds. The van der Waals surface area contributed by atoms with E-state index >= 15 is 0 Å². The van der Waals surface area contributed by atoms with Crippen LogP contribution in [0.5, 0.6) is 5.75 Å². The predicted octanol–water partition coefficient (Wildman–Crippen LogP) is 3.50. The highest BCUT2D eigenvalue weighted by Crippen LogP contribution is 2.58. The van der Waals surface area contributed by atoms with E-state index in [9.17, 15) is 4.79 Å². The fourth-order valence-electron chi connectivity index (χ4n) is 6.09. The number of rotatable bonds is 6. The fraction of sp³-hybridized carbons (Fsp3) is 0.696. The molecule has 1 aromatic carbocycles. The SMILES string of the molecule is CNCC1CCN(C(=O)C2(Cc3cccc(OC)c3)CC3CCC2C3)CC1. The summed E-state index contributed by atoms with van der Waals surface area (Å²) in [6.45, 7) is 2.94. The van der Waals surface area contributed by atoms with Crippen LogP contribution in [0.2, 0.25) is 0 Å². The Kier molecular flexibility index (Phi) is 5.45. The molecule has 3 unspecified atom stereocenters. The van der Waals surface area contributed by atoms with Gasteiger partial charge in [-0.25, -0.2) is 0 Å². The zero-order valence-corrected chi connectivity index (χ0v) is 16.9. The lowest BCUT2D eigenvalue weighted by Gasteiger charge is -2.43. The standard InChI is InChI=1S/C23H34N2O2/c1-24-16-17-8-10-25(11-9-17)22(26)23(15-19-6-7-20(23)12-19)14-18-4-3-5-21(13-18)27-2/h3-5,13,17,19-20,24H,6-12,14-16H2,1-2H3. The molecule has 148 valence electrons. The third-order valence-electron chi connectivity index (χ3n) is 7.45. The Labute approximate surface area is 163 Å². The molecule has 0 radical (unpaired) electrons. The van der Waals surface area contributed by atoms with Gasteiger partial charge in [-0.3, -0.25) is 4.79 Å². The number of likely N-dealkylation sites (tertiary alicyclic amines) is 1. The van der Waals surface area contributed by atoms with Crippen LogP contribution in [0.15, 0.2) is 24.3 Å². The summed E-state index contributed by atoms with van der Waals surface area (Å²) in [6, 6.07) is 8.34. The number of fused-ring (bicyclic) bond motifs is 2. The molecule has 1 aliphatic heterocycles. The molecule has 2 bridgehead atoms. The van der Waals surface area contributed by atoms with Crippen molar-refractivity contribution >= 4 is 5.91 Å². The Hall–Kier alpha value is -1.55. The van der Waals surface area contributed by atoms with Crippen LogP contribution in [-0.4, -0.2) is 44.6 Å². The molecule has 4 rings (SSSR count). The van der Waals surface area contributed by atoms with E-state index in [1.807, 2.05) is 13.1 Å². The second-order valence-corrected chi connectivity index (χ2v) is 9.06. The van der Waals surface area contributed by atoms with Crippen molar-refractivity contribution in [1.29, 1.82) is 0 Å². The zero-order valence-electron chi connectivity index (χ0n) is 16.9. The summed E-state index contributed by atoms with van der Waals surface area (Å²) in [6.07, 6.45) is 8.04. The molecular formula is C23H34N2O2. The molecule has 0 aromatic heterocycles. The number of methoxy groups -OCH3 is 1. The first-order valence-electron chi connectivity index (χ1n) is 10.7. The van der Waals surface area contributed by atoms with E-state index < -0.39 is 0 Å². The third kappa shape index (κ3) is 3.61. The Morgan fingerprint density at radius 3 is 2.70 bits per heavy atom. The molecule has 3 fully saturated rings. The lowest BCUT2D eigenvalue weighted by Crippen LogP contribution is -2.51. The lowest BCUT2D eigenvalue weighted by atomic mass is 9.68. The minimum Gasteiger partial charge on any atom is -0.497 e. The Balaban J connectivity index is 1.54. The van der Waals surface area contributed by atoms with Crippen molar-refractivity contribution in [1.82, 2.24) is 10.2 Å². The van der Waals surface area contributed by atoms with Crippen LogP contribution in [0.4, 0.5) is 0 Å². The summed E-state index contributed by atoms with van der Waals surface area (Å²) in [7, 11) is 3.74. The Morgan fingerprint density at radius 2 is 2.07 bits per heavy atom. The van der Waals surface area contributed by atoms with Gasteiger partial charge in [0.1, 0.15) is 5.75 Å². The first-order chi connectivity index (χ1) is 13.1. The molecule has 1 saturated heterocycles. The van der Waals surface area contributed by atoms with E-state index in [0.717, 1.165) is 57.0 Å². The van der Waals surface area contributed by atoms with Gasteiger partial charge in [0, 0.05) is 13.1 Å². The molecular weight excluding hydrogens is 336 g/mol. The zero-order chi connectivity index (χ0) is 18.9. The summed E-state index contributed by atoms with van der Waals surface area (Å²) in [5.74, 6) is 3.38. The van der Waals surface area contributed by atoms with Gasteiger partial charge >= 0.3 is 0 Å². The molecule has 2 aliphatic carbocycles. The number of hydrogen-bond acceptors (Lipinski definition) is 3. The van der Waals surface area contributed by atoms with Gasteiger partial charge in [-0.2, -0.15) is 0 Å². The molecule has 0 spiro atoms. The van der Waals surface area contributed by atoms with Crippen molar-refractivity contribution in [2.24, 2.45) is 23.2 Å². The van der Waals surface area contributed by atoms with Crippen molar-refractivity contribution < 1.29 is 9.53 Å². The van der Waals surface area contributed by atoms with Gasteiger partial charge in [0.25, 0.3) is 0 Å². The van der Waals surface area contributed by atoms with E-state index in [0.29, 0.717) is 17.7 Å². The summed E-state index contributed by atoms with van der Waals surface area (Å²) in [4.78, 5) is 16.0. The number of carbonyl (C=O) groups is 1. The topological polar surface area (TPSA) is 41.6 Å². The van der Waals surface area contributed by atoms with Crippen molar-refractivity contribution in [2.45, 2.75) is 44.9 Å². The molecule has 4 heteroatoms. The number of nitrogens with one attached hydrogen (secondary N) is 1. The molecule has 2 saturated carbocycles. The molecule has 27 heavy (non-hydrogen) atoms. The molecule has 4 nitrogen and oxygen atoms in total. The van der Waals surface area contributed by atoms with Gasteiger partial charge in [0.2, 0.25) is 5.91 Å². The van der Waals surface area contributed by atoms with Crippen molar-refractivity contribution in [3.05, 3.63) is 29.8 Å². The summed E-state index contributed by atoms with van der Waals surface area (Å²) in [5.41, 5.74) is 1.07. The highest BCUT2D eigenvalue weighted by molar-refractivity contribution is 5.84. The van der Waals surface area contributed by atoms with Gasteiger partial charge in [0.15, 0.2) is 0 Å². The number of nitrogens with zero attached hydrogens (tertiary/aromatic N) is 1. The van der Waals surface area contributed by atoms with Crippen LogP contribution in [0, 0.1) is 23.2 Å². The molecule has 3 aliphatic rings. The third-order valence-corrected chi connectivity index (χ3v) is 7.45. The van der Waals surface area contributed by atoms with Gasteiger partial charge in [-0.05, 0) is 87.6 Å². The summed E-state index contributed by atoms with van der Waals surface area (Å²) < 4.78 is 5.42. The van der Waals surface area contributed by atoms with Crippen LogP contribution in [0.25, 0.3) is 0 Å². The van der Waals surface area contributed by atoms with Crippen molar-refractivity contribution in [3.63, 3.8) is 0 Å². The molecule has 1 N–H and O–H groups in total. The normalized spacial score (nSPS) is 30.7. The smallest absolute Gasteiger partial charge is 0.229 e. The maximum Gasteiger partial charge on any atom is 0.229 e. The lowest BCUT2D eigenvalue weighted by molar-refractivity contribution is -0.147. The fourth-order valence-corrected chi connectivity index (χ4v) is 6.09. The van der Waals surface area contributed by atoms with Gasteiger partial charge in [-0.1, -0.05) is 18.6 Å². The highest BCUT2D eigenvalue weighted by Gasteiger charge is 2.56. The van der Waals surface area contributed by atoms with Crippen LogP contribution >= 0.6 is 0 Å². The number of piperidine rings is 1. The Morgan fingerprint density at radius 1 is 1.26 bits per heavy atom. The van der Waals surface area contributed by atoms with E-state index in [1.165, 1.54) is 24.8 Å². The monoisotopic (exact) mass is 370 g/mol. The van der Waals surface area contributed by atoms with Gasteiger partial charge < -0.3 is 15.0 Å². The summed E-state index contributed by atoms with van der Waals surface area (Å²) >= 11 is 0. The molecule has 1 aromatic rings. The van der Waals surface area contributed by atoms with Crippen LogP contribution in [0.1, 0.15) is 44.1 Å². The maximum atomic E-state index is 13.8. The molecule has 1 heterocycles. The van der Waals surface area contributed by atoms with Crippen molar-refractivity contribution in [3.8, 4) is 5.75 Å². The van der Waals surface area contributed by atoms with E-state index in [-0.39, 0.29) is 5.41 Å². The van der Waals surface area contributed by atoms with Crippen LogP contribution in [0.3, 0.4) is 0 Å².